The third-order valence-electron chi connectivity index (χ3n) is 4.79. The first-order chi connectivity index (χ1) is 13.2. The van der Waals surface area contributed by atoms with Crippen LogP contribution in [0.1, 0.15) is 124 Å². The molecule has 0 amide bonds. The summed E-state index contributed by atoms with van der Waals surface area (Å²) >= 11 is 0. The Morgan fingerprint density at radius 2 is 1.26 bits per heavy atom. The van der Waals surface area contributed by atoms with Crippen molar-refractivity contribution in [1.29, 1.82) is 0 Å². The molecule has 1 unspecified atom stereocenters. The van der Waals surface area contributed by atoms with Crippen LogP contribution < -0.4 is 0 Å². The maximum atomic E-state index is 11.7. The van der Waals surface area contributed by atoms with Gasteiger partial charge in [0.05, 0.1) is 6.61 Å². The molecule has 160 valence electrons. The third-order valence-corrected chi connectivity index (χ3v) is 4.79. The summed E-state index contributed by atoms with van der Waals surface area (Å²) in [7, 11) is 0. The van der Waals surface area contributed by atoms with Crippen molar-refractivity contribution in [2.24, 2.45) is 0 Å². The summed E-state index contributed by atoms with van der Waals surface area (Å²) in [6, 6.07) is 0. The Hall–Kier alpha value is -0.830. The number of unbranched alkanes of at least 4 members (excludes halogenated alkanes) is 12. The largest absolute Gasteiger partial charge is 0.436 e. The van der Waals surface area contributed by atoms with E-state index in [1.165, 1.54) is 70.6 Å². The van der Waals surface area contributed by atoms with Gasteiger partial charge in [0.25, 0.3) is 0 Å². The van der Waals surface area contributed by atoms with Gasteiger partial charge in [0, 0.05) is 6.42 Å². The van der Waals surface area contributed by atoms with Gasteiger partial charge in [-0.25, -0.2) is 0 Å². The summed E-state index contributed by atoms with van der Waals surface area (Å²) < 4.78 is 10.7. The van der Waals surface area contributed by atoms with E-state index in [0.717, 1.165) is 25.7 Å². The van der Waals surface area contributed by atoms with E-state index in [1.807, 2.05) is 0 Å². The molecule has 0 aromatic rings. The predicted molar refractivity (Wildman–Crippen MR) is 116 cm³/mol. The van der Waals surface area contributed by atoms with Gasteiger partial charge in [-0.3, -0.25) is 4.79 Å². The summed E-state index contributed by atoms with van der Waals surface area (Å²) in [6.45, 7) is 6.85. The number of ether oxygens (including phenoxy) is 2. The standard InChI is InChI=1S/C24H46O3/c1-4-6-8-9-10-11-12-13-14-15-16-17-18-19-20-21-24(25)27-23(3)26-22-7-5-2/h13-14,23H,4-12,15-22H2,1-3H3. The molecule has 1 atom stereocenters. The molecule has 0 spiro atoms. The second-order valence-corrected chi connectivity index (χ2v) is 7.62. The van der Waals surface area contributed by atoms with E-state index in [0.29, 0.717) is 13.0 Å². The summed E-state index contributed by atoms with van der Waals surface area (Å²) in [6.07, 6.45) is 23.4. The number of rotatable bonds is 20. The SMILES string of the molecule is CCCCCCCCC=CCCCCCCCC(=O)OC(C)OCCCC. The van der Waals surface area contributed by atoms with Gasteiger partial charge >= 0.3 is 5.97 Å². The third kappa shape index (κ3) is 21.3. The number of carbonyl (C=O) groups is 1. The van der Waals surface area contributed by atoms with E-state index in [1.54, 1.807) is 6.92 Å². The van der Waals surface area contributed by atoms with Crippen LogP contribution in [-0.4, -0.2) is 18.9 Å². The van der Waals surface area contributed by atoms with Crippen LogP contribution in [0, 0.1) is 0 Å². The fourth-order valence-electron chi connectivity index (χ4n) is 3.01. The molecule has 0 aliphatic carbocycles. The molecule has 0 heterocycles. The lowest BCUT2D eigenvalue weighted by molar-refractivity contribution is -0.175. The molecule has 3 nitrogen and oxygen atoms in total. The molecule has 0 aliphatic rings. The zero-order valence-corrected chi connectivity index (χ0v) is 18.5. The van der Waals surface area contributed by atoms with Crippen LogP contribution in [0.15, 0.2) is 12.2 Å². The summed E-state index contributed by atoms with van der Waals surface area (Å²) in [5, 5.41) is 0. The Bertz CT molecular complexity index is 339. The van der Waals surface area contributed by atoms with Crippen molar-refractivity contribution in [1.82, 2.24) is 0 Å². The molecule has 0 saturated heterocycles. The van der Waals surface area contributed by atoms with Gasteiger partial charge in [-0.15, -0.1) is 0 Å². The first-order valence-electron chi connectivity index (χ1n) is 11.7. The number of esters is 1. The highest BCUT2D eigenvalue weighted by Crippen LogP contribution is 2.10. The Labute approximate surface area is 169 Å². The van der Waals surface area contributed by atoms with Crippen molar-refractivity contribution in [2.75, 3.05) is 6.61 Å². The van der Waals surface area contributed by atoms with Gasteiger partial charge in [-0.2, -0.15) is 0 Å². The van der Waals surface area contributed by atoms with Crippen LogP contribution in [0.3, 0.4) is 0 Å². The van der Waals surface area contributed by atoms with Crippen LogP contribution in [0.25, 0.3) is 0 Å². The molecule has 27 heavy (non-hydrogen) atoms. The maximum Gasteiger partial charge on any atom is 0.308 e. The molecular weight excluding hydrogens is 336 g/mol. The minimum absolute atomic E-state index is 0.128. The fourth-order valence-corrected chi connectivity index (χ4v) is 3.01. The molecule has 0 aliphatic heterocycles. The second-order valence-electron chi connectivity index (χ2n) is 7.62. The number of carbonyl (C=O) groups excluding carboxylic acids is 1. The molecule has 0 fully saturated rings. The smallest absolute Gasteiger partial charge is 0.308 e. The molecule has 0 saturated carbocycles. The van der Waals surface area contributed by atoms with Crippen molar-refractivity contribution < 1.29 is 14.3 Å². The van der Waals surface area contributed by atoms with Gasteiger partial charge in [-0.1, -0.05) is 83.8 Å². The van der Waals surface area contributed by atoms with Gasteiger partial charge in [0.15, 0.2) is 6.29 Å². The van der Waals surface area contributed by atoms with Crippen molar-refractivity contribution in [3.63, 3.8) is 0 Å². The maximum absolute atomic E-state index is 11.7. The Kier molecular flexibility index (Phi) is 20.8. The molecule has 3 heteroatoms. The highest BCUT2D eigenvalue weighted by molar-refractivity contribution is 5.69. The lowest BCUT2D eigenvalue weighted by atomic mass is 10.1. The Morgan fingerprint density at radius 3 is 1.85 bits per heavy atom. The molecule has 0 rings (SSSR count). The molecule has 0 N–H and O–H groups in total. The summed E-state index contributed by atoms with van der Waals surface area (Å²) in [5.74, 6) is -0.128. The van der Waals surface area contributed by atoms with Crippen LogP contribution in [0.5, 0.6) is 0 Å². The van der Waals surface area contributed by atoms with Gasteiger partial charge in [-0.05, 0) is 45.4 Å². The van der Waals surface area contributed by atoms with Crippen molar-refractivity contribution >= 4 is 5.97 Å². The van der Waals surface area contributed by atoms with Crippen LogP contribution in [0.2, 0.25) is 0 Å². The van der Waals surface area contributed by atoms with Crippen molar-refractivity contribution in [3.8, 4) is 0 Å². The van der Waals surface area contributed by atoms with Crippen molar-refractivity contribution in [2.45, 2.75) is 130 Å². The van der Waals surface area contributed by atoms with Gasteiger partial charge < -0.3 is 9.47 Å². The lowest BCUT2D eigenvalue weighted by Crippen LogP contribution is -2.18. The van der Waals surface area contributed by atoms with E-state index >= 15 is 0 Å². The highest BCUT2D eigenvalue weighted by atomic mass is 16.7. The molecule has 0 aromatic heterocycles. The molecule has 0 aromatic carbocycles. The Morgan fingerprint density at radius 1 is 0.741 bits per heavy atom. The number of hydrogen-bond acceptors (Lipinski definition) is 3. The summed E-state index contributed by atoms with van der Waals surface area (Å²) in [5.41, 5.74) is 0. The summed E-state index contributed by atoms with van der Waals surface area (Å²) in [4.78, 5) is 11.7. The minimum atomic E-state index is -0.410. The molecular formula is C24H46O3. The molecule has 0 bridgehead atoms. The van der Waals surface area contributed by atoms with Crippen LogP contribution in [-0.2, 0) is 14.3 Å². The lowest BCUT2D eigenvalue weighted by Gasteiger charge is -2.13. The number of hydrogen-bond donors (Lipinski definition) is 0. The van der Waals surface area contributed by atoms with Crippen LogP contribution in [0.4, 0.5) is 0 Å². The first kappa shape index (κ1) is 26.2. The van der Waals surface area contributed by atoms with E-state index in [2.05, 4.69) is 26.0 Å². The average molecular weight is 383 g/mol. The van der Waals surface area contributed by atoms with E-state index in [-0.39, 0.29) is 5.97 Å². The zero-order chi connectivity index (χ0) is 20.0. The quantitative estimate of drug-likeness (QED) is 0.0935. The fraction of sp³-hybridized carbons (Fsp3) is 0.875. The minimum Gasteiger partial charge on any atom is -0.436 e. The topological polar surface area (TPSA) is 35.5 Å². The number of allylic oxidation sites excluding steroid dienone is 2. The normalized spacial score (nSPS) is 12.6. The zero-order valence-electron chi connectivity index (χ0n) is 18.5. The van der Waals surface area contributed by atoms with Gasteiger partial charge in [0.1, 0.15) is 0 Å². The van der Waals surface area contributed by atoms with E-state index in [4.69, 9.17) is 9.47 Å². The van der Waals surface area contributed by atoms with E-state index in [9.17, 15) is 4.79 Å². The van der Waals surface area contributed by atoms with E-state index < -0.39 is 6.29 Å². The van der Waals surface area contributed by atoms with Gasteiger partial charge in [0.2, 0.25) is 0 Å². The predicted octanol–water partition coefficient (Wildman–Crippen LogP) is 7.73. The average Bonchev–Trinajstić information content (AvgIpc) is 2.65. The Balaban J connectivity index is 3.30. The highest BCUT2D eigenvalue weighted by Gasteiger charge is 2.08. The second kappa shape index (κ2) is 21.5. The first-order valence-corrected chi connectivity index (χ1v) is 11.7. The van der Waals surface area contributed by atoms with Crippen LogP contribution >= 0.6 is 0 Å². The molecule has 0 radical (unpaired) electrons. The monoisotopic (exact) mass is 382 g/mol. The van der Waals surface area contributed by atoms with Crippen molar-refractivity contribution in [3.05, 3.63) is 12.2 Å².